The van der Waals surface area contributed by atoms with Crippen LogP contribution >= 0.6 is 0 Å². The number of nitrogens with one attached hydrogen (secondary N) is 2. The lowest BCUT2D eigenvalue weighted by atomic mass is 10.2. The van der Waals surface area contributed by atoms with E-state index in [4.69, 9.17) is 4.74 Å². The fourth-order valence-corrected chi connectivity index (χ4v) is 2.23. The Bertz CT molecular complexity index is 920. The van der Waals surface area contributed by atoms with Crippen molar-refractivity contribution in [2.24, 2.45) is 7.05 Å². The van der Waals surface area contributed by atoms with Crippen molar-refractivity contribution in [2.45, 2.75) is 13.5 Å². The Morgan fingerprint density at radius 2 is 2.28 bits per heavy atom. The summed E-state index contributed by atoms with van der Waals surface area (Å²) in [7, 11) is 1.87. The zero-order valence-electron chi connectivity index (χ0n) is 13.8. The largest absolute Gasteiger partial charge is 0.487 e. The molecule has 2 N–H and O–H groups in total. The molecule has 25 heavy (non-hydrogen) atoms. The van der Waals surface area contributed by atoms with Crippen molar-refractivity contribution in [2.75, 3.05) is 5.32 Å². The number of hydrogen-bond donors (Lipinski definition) is 2. The molecule has 0 saturated heterocycles. The van der Waals surface area contributed by atoms with Gasteiger partial charge in [0.2, 0.25) is 5.82 Å². The quantitative estimate of drug-likeness (QED) is 0.659. The van der Waals surface area contributed by atoms with Gasteiger partial charge in [0.25, 0.3) is 0 Å². The van der Waals surface area contributed by atoms with Crippen molar-refractivity contribution in [3.05, 3.63) is 53.7 Å². The van der Waals surface area contributed by atoms with E-state index in [1.54, 1.807) is 4.68 Å². The third-order valence-corrected chi connectivity index (χ3v) is 3.46. The lowest BCUT2D eigenvalue weighted by molar-refractivity contribution is 0.307. The van der Waals surface area contributed by atoms with Crippen LogP contribution in [0.3, 0.4) is 0 Å². The number of hydrogen-bond acceptors (Lipinski definition) is 7. The predicted molar refractivity (Wildman–Crippen MR) is 90.1 cm³/mol. The number of aromatic nitrogens is 6. The molecule has 0 unspecified atom stereocenters. The number of anilines is 1. The summed E-state index contributed by atoms with van der Waals surface area (Å²) in [5, 5.41) is 29.9. The lowest BCUT2D eigenvalue weighted by Gasteiger charge is -2.11. The molecule has 0 aliphatic heterocycles. The average molecular weight is 336 g/mol. The molecule has 0 fully saturated rings. The van der Waals surface area contributed by atoms with Gasteiger partial charge in [-0.25, -0.2) is 0 Å². The van der Waals surface area contributed by atoms with Gasteiger partial charge in [-0.2, -0.15) is 15.6 Å². The van der Waals surface area contributed by atoms with E-state index in [0.717, 1.165) is 16.9 Å². The molecule has 0 aliphatic carbocycles. The first-order valence-corrected chi connectivity index (χ1v) is 7.49. The van der Waals surface area contributed by atoms with E-state index in [9.17, 15) is 5.26 Å². The maximum atomic E-state index is 9.21. The normalized spacial score (nSPS) is 11.2. The monoisotopic (exact) mass is 336 g/mol. The summed E-state index contributed by atoms with van der Waals surface area (Å²) in [4.78, 5) is 0. The first-order valence-electron chi connectivity index (χ1n) is 7.49. The Morgan fingerprint density at radius 1 is 1.44 bits per heavy atom. The van der Waals surface area contributed by atoms with E-state index in [-0.39, 0.29) is 11.4 Å². The van der Waals surface area contributed by atoms with E-state index >= 15 is 0 Å². The van der Waals surface area contributed by atoms with Crippen LogP contribution in [0.4, 0.5) is 5.69 Å². The topological polar surface area (TPSA) is 117 Å². The SMILES string of the molecule is Cc1nn(C)cc1COc1ccccc1NC=C(C#N)c1nn[nH]n1. The van der Waals surface area contributed by atoms with Gasteiger partial charge in [-0.3, -0.25) is 4.68 Å². The van der Waals surface area contributed by atoms with Gasteiger partial charge >= 0.3 is 0 Å². The molecule has 2 aromatic heterocycles. The summed E-state index contributed by atoms with van der Waals surface area (Å²) < 4.78 is 7.65. The van der Waals surface area contributed by atoms with E-state index < -0.39 is 0 Å². The Labute approximate surface area is 143 Å². The highest BCUT2D eigenvalue weighted by Gasteiger charge is 2.08. The molecule has 0 atom stereocenters. The number of tetrazole rings is 1. The zero-order valence-corrected chi connectivity index (χ0v) is 13.8. The Morgan fingerprint density at radius 3 is 2.96 bits per heavy atom. The highest BCUT2D eigenvalue weighted by molar-refractivity contribution is 5.74. The lowest BCUT2D eigenvalue weighted by Crippen LogP contribution is -2.00. The molecule has 3 aromatic rings. The van der Waals surface area contributed by atoms with Gasteiger partial charge in [0.05, 0.1) is 11.4 Å². The molecule has 0 bridgehead atoms. The van der Waals surface area contributed by atoms with Crippen molar-refractivity contribution in [1.29, 1.82) is 5.26 Å². The van der Waals surface area contributed by atoms with Crippen LogP contribution in [-0.4, -0.2) is 30.4 Å². The van der Waals surface area contributed by atoms with Crippen molar-refractivity contribution in [3.8, 4) is 11.8 Å². The van der Waals surface area contributed by atoms with Gasteiger partial charge in [-0.15, -0.1) is 10.2 Å². The predicted octanol–water partition coefficient (Wildman–Crippen LogP) is 1.80. The molecule has 2 heterocycles. The fraction of sp³-hybridized carbons (Fsp3) is 0.188. The summed E-state index contributed by atoms with van der Waals surface area (Å²) in [6.07, 6.45) is 3.44. The van der Waals surface area contributed by atoms with Crippen molar-refractivity contribution < 1.29 is 4.74 Å². The number of H-pyrrole nitrogens is 1. The fourth-order valence-electron chi connectivity index (χ4n) is 2.23. The molecule has 0 amide bonds. The smallest absolute Gasteiger partial charge is 0.216 e. The average Bonchev–Trinajstić information content (AvgIpc) is 3.24. The Kier molecular flexibility index (Phi) is 4.71. The van der Waals surface area contributed by atoms with E-state index in [1.165, 1.54) is 6.20 Å². The molecule has 1 aromatic carbocycles. The van der Waals surface area contributed by atoms with Crippen molar-refractivity contribution in [1.82, 2.24) is 30.4 Å². The maximum absolute atomic E-state index is 9.21. The summed E-state index contributed by atoms with van der Waals surface area (Å²) in [6.45, 7) is 2.34. The van der Waals surface area contributed by atoms with Gasteiger partial charge < -0.3 is 10.1 Å². The summed E-state index contributed by atoms with van der Waals surface area (Å²) in [6, 6.07) is 9.48. The molecule has 9 nitrogen and oxygen atoms in total. The van der Waals surface area contributed by atoms with E-state index in [0.29, 0.717) is 12.4 Å². The second-order valence-corrected chi connectivity index (χ2v) is 5.25. The van der Waals surface area contributed by atoms with Crippen molar-refractivity contribution >= 4 is 11.3 Å². The standard InChI is InChI=1S/C16H16N8O/c1-11-13(9-24(2)21-11)10-25-15-6-4-3-5-14(15)18-8-12(7-17)16-19-22-23-20-16/h3-6,8-9,18H,10H2,1-2H3,(H,19,20,22,23). The van der Waals surface area contributed by atoms with Crippen LogP contribution in [-0.2, 0) is 13.7 Å². The molecule has 3 rings (SSSR count). The van der Waals surface area contributed by atoms with Crippen LogP contribution in [0.2, 0.25) is 0 Å². The minimum atomic E-state index is 0.222. The van der Waals surface area contributed by atoms with Crippen LogP contribution in [0, 0.1) is 18.3 Å². The third-order valence-electron chi connectivity index (χ3n) is 3.46. The van der Waals surface area contributed by atoms with Gasteiger partial charge in [-0.05, 0) is 24.3 Å². The first kappa shape index (κ1) is 16.2. The molecule has 0 saturated carbocycles. The van der Waals surface area contributed by atoms with Crippen LogP contribution < -0.4 is 10.1 Å². The summed E-state index contributed by atoms with van der Waals surface area (Å²) >= 11 is 0. The van der Waals surface area contributed by atoms with Gasteiger partial charge in [0.1, 0.15) is 24.0 Å². The van der Waals surface area contributed by atoms with E-state index in [2.05, 4.69) is 31.0 Å². The van der Waals surface area contributed by atoms with E-state index in [1.807, 2.05) is 50.5 Å². The number of nitrogens with zero attached hydrogens (tertiary/aromatic N) is 6. The Balaban J connectivity index is 1.75. The van der Waals surface area contributed by atoms with Crippen molar-refractivity contribution in [3.63, 3.8) is 0 Å². The number of ether oxygens (including phenoxy) is 1. The molecule has 0 radical (unpaired) electrons. The Hall–Kier alpha value is -3.67. The van der Waals surface area contributed by atoms with Crippen LogP contribution in [0.25, 0.3) is 5.57 Å². The zero-order chi connectivity index (χ0) is 17.6. The third kappa shape index (κ3) is 3.81. The summed E-state index contributed by atoms with van der Waals surface area (Å²) in [5.41, 5.74) is 2.92. The molecule has 126 valence electrons. The molecule has 0 spiro atoms. The maximum Gasteiger partial charge on any atom is 0.216 e. The number of para-hydroxylation sites is 2. The highest BCUT2D eigenvalue weighted by Crippen LogP contribution is 2.25. The number of nitriles is 1. The van der Waals surface area contributed by atoms with Crippen LogP contribution in [0.5, 0.6) is 5.75 Å². The van der Waals surface area contributed by atoms with Crippen LogP contribution in [0.15, 0.2) is 36.7 Å². The number of benzene rings is 1. The second kappa shape index (κ2) is 7.27. The second-order valence-electron chi connectivity index (χ2n) is 5.25. The highest BCUT2D eigenvalue weighted by atomic mass is 16.5. The number of aromatic amines is 1. The number of aryl methyl sites for hydroxylation is 2. The minimum absolute atomic E-state index is 0.222. The van der Waals surface area contributed by atoms with Gasteiger partial charge in [-0.1, -0.05) is 12.1 Å². The number of allylic oxidation sites excluding steroid dienone is 1. The van der Waals surface area contributed by atoms with Gasteiger partial charge in [0, 0.05) is 25.0 Å². The van der Waals surface area contributed by atoms with Crippen LogP contribution in [0.1, 0.15) is 17.1 Å². The minimum Gasteiger partial charge on any atom is -0.487 e. The molecule has 9 heteroatoms. The number of rotatable bonds is 6. The molecular formula is C16H16N8O. The first-order chi connectivity index (χ1) is 12.2. The molecular weight excluding hydrogens is 320 g/mol. The summed E-state index contributed by atoms with van der Waals surface area (Å²) in [5.74, 6) is 0.881. The molecule has 0 aliphatic rings. The van der Waals surface area contributed by atoms with Gasteiger partial charge in [0.15, 0.2) is 0 Å².